The molecule has 1 aliphatic heterocycles. The SMILES string of the molecule is CC[C@@H](C(=O)N[C@@H]1CC(CC)(CC)Oc2ccccc21)N(c1cccc(OC)c1)S(C)(=O)=O. The molecule has 1 heterocycles. The Morgan fingerprint density at radius 2 is 1.88 bits per heavy atom. The monoisotopic (exact) mass is 474 g/mol. The van der Waals surface area contributed by atoms with Crippen LogP contribution in [0.5, 0.6) is 11.5 Å². The number of hydrogen-bond donors (Lipinski definition) is 1. The van der Waals surface area contributed by atoms with Crippen LogP contribution in [0.15, 0.2) is 48.5 Å². The molecule has 1 amide bonds. The van der Waals surface area contributed by atoms with Crippen molar-refractivity contribution in [1.82, 2.24) is 5.32 Å². The molecule has 0 saturated carbocycles. The van der Waals surface area contributed by atoms with Crippen molar-refractivity contribution in [3.8, 4) is 11.5 Å². The van der Waals surface area contributed by atoms with Crippen molar-refractivity contribution in [2.24, 2.45) is 0 Å². The summed E-state index contributed by atoms with van der Waals surface area (Å²) in [7, 11) is -2.22. The van der Waals surface area contributed by atoms with Gasteiger partial charge in [0.15, 0.2) is 0 Å². The largest absolute Gasteiger partial charge is 0.497 e. The molecule has 7 nitrogen and oxygen atoms in total. The molecule has 1 N–H and O–H groups in total. The van der Waals surface area contributed by atoms with Gasteiger partial charge in [-0.05, 0) is 37.5 Å². The highest BCUT2D eigenvalue weighted by Crippen LogP contribution is 2.42. The number of anilines is 1. The molecule has 2 atom stereocenters. The lowest BCUT2D eigenvalue weighted by Crippen LogP contribution is -2.52. The molecule has 0 saturated heterocycles. The highest BCUT2D eigenvalue weighted by atomic mass is 32.2. The minimum absolute atomic E-state index is 0.275. The normalized spacial score (nSPS) is 17.9. The zero-order valence-electron chi connectivity index (χ0n) is 20.0. The lowest BCUT2D eigenvalue weighted by atomic mass is 9.83. The van der Waals surface area contributed by atoms with Gasteiger partial charge in [-0.3, -0.25) is 9.10 Å². The van der Waals surface area contributed by atoms with E-state index in [1.165, 1.54) is 11.4 Å². The van der Waals surface area contributed by atoms with Crippen LogP contribution in [0.25, 0.3) is 0 Å². The maximum absolute atomic E-state index is 13.6. The van der Waals surface area contributed by atoms with Crippen molar-refractivity contribution in [1.29, 1.82) is 0 Å². The smallest absolute Gasteiger partial charge is 0.244 e. The lowest BCUT2D eigenvalue weighted by Gasteiger charge is -2.42. The van der Waals surface area contributed by atoms with Crippen LogP contribution in [0.1, 0.15) is 58.1 Å². The van der Waals surface area contributed by atoms with E-state index in [2.05, 4.69) is 19.2 Å². The molecule has 0 aliphatic carbocycles. The molecule has 180 valence electrons. The number of amides is 1. The third-order valence-electron chi connectivity index (χ3n) is 6.44. The third kappa shape index (κ3) is 5.27. The van der Waals surface area contributed by atoms with Crippen molar-refractivity contribution in [2.75, 3.05) is 17.7 Å². The molecule has 0 spiro atoms. The average Bonchev–Trinajstić information content (AvgIpc) is 2.81. The van der Waals surface area contributed by atoms with Gasteiger partial charge >= 0.3 is 0 Å². The summed E-state index contributed by atoms with van der Waals surface area (Å²) in [5, 5.41) is 3.14. The number of carbonyl (C=O) groups is 1. The van der Waals surface area contributed by atoms with Crippen molar-refractivity contribution in [3.05, 3.63) is 54.1 Å². The summed E-state index contributed by atoms with van der Waals surface area (Å²) in [6.07, 6.45) is 3.66. The van der Waals surface area contributed by atoms with E-state index in [1.54, 1.807) is 24.3 Å². The molecule has 0 bridgehead atoms. The topological polar surface area (TPSA) is 84.9 Å². The Hall–Kier alpha value is -2.74. The molecule has 0 radical (unpaired) electrons. The van der Waals surface area contributed by atoms with E-state index >= 15 is 0 Å². The second kappa shape index (κ2) is 10.0. The van der Waals surface area contributed by atoms with Gasteiger partial charge < -0.3 is 14.8 Å². The van der Waals surface area contributed by atoms with Gasteiger partial charge in [-0.15, -0.1) is 0 Å². The molecule has 1 aliphatic rings. The highest BCUT2D eigenvalue weighted by molar-refractivity contribution is 7.92. The minimum atomic E-state index is -3.74. The summed E-state index contributed by atoms with van der Waals surface area (Å²) >= 11 is 0. The zero-order chi connectivity index (χ0) is 24.2. The van der Waals surface area contributed by atoms with E-state index in [9.17, 15) is 13.2 Å². The Bertz CT molecular complexity index is 1080. The molecular weight excluding hydrogens is 440 g/mol. The van der Waals surface area contributed by atoms with Gasteiger partial charge in [-0.2, -0.15) is 0 Å². The number of methoxy groups -OCH3 is 1. The molecule has 0 fully saturated rings. The first-order valence-electron chi connectivity index (χ1n) is 11.4. The standard InChI is InChI=1S/C25H34N2O5S/c1-6-22(27(33(5,29)30)18-12-11-13-19(16-18)31-4)24(28)26-21-17-25(7-2,8-3)32-23-15-10-9-14-20(21)23/h9-16,21-22H,6-8,17H2,1-5H3,(H,26,28)/t21-,22+/m1/s1. The number of para-hydroxylation sites is 1. The molecule has 0 aromatic heterocycles. The fourth-order valence-corrected chi connectivity index (χ4v) is 5.71. The Morgan fingerprint density at radius 1 is 1.18 bits per heavy atom. The van der Waals surface area contributed by atoms with Crippen LogP contribution in [0, 0.1) is 0 Å². The predicted molar refractivity (Wildman–Crippen MR) is 130 cm³/mol. The van der Waals surface area contributed by atoms with E-state index in [-0.39, 0.29) is 17.6 Å². The number of fused-ring (bicyclic) bond motifs is 1. The Morgan fingerprint density at radius 3 is 2.48 bits per heavy atom. The molecule has 3 rings (SSSR count). The fraction of sp³-hybridized carbons (Fsp3) is 0.480. The molecule has 33 heavy (non-hydrogen) atoms. The highest BCUT2D eigenvalue weighted by Gasteiger charge is 2.40. The van der Waals surface area contributed by atoms with E-state index in [0.29, 0.717) is 24.3 Å². The van der Waals surface area contributed by atoms with Gasteiger partial charge in [0.1, 0.15) is 23.1 Å². The molecule has 0 unspecified atom stereocenters. The maximum Gasteiger partial charge on any atom is 0.244 e. The first-order chi connectivity index (χ1) is 15.7. The number of sulfonamides is 1. The summed E-state index contributed by atoms with van der Waals surface area (Å²) in [5.41, 5.74) is 0.922. The minimum Gasteiger partial charge on any atom is -0.497 e. The molecule has 2 aromatic rings. The van der Waals surface area contributed by atoms with Gasteiger partial charge in [-0.25, -0.2) is 8.42 Å². The number of nitrogens with zero attached hydrogens (tertiary/aromatic N) is 1. The number of carbonyl (C=O) groups excluding carboxylic acids is 1. The number of ether oxygens (including phenoxy) is 2. The molecular formula is C25H34N2O5S. The van der Waals surface area contributed by atoms with Gasteiger partial charge in [-0.1, -0.05) is 45.0 Å². The summed E-state index contributed by atoms with van der Waals surface area (Å²) < 4.78 is 38.4. The van der Waals surface area contributed by atoms with Gasteiger partial charge in [0.25, 0.3) is 0 Å². The summed E-state index contributed by atoms with van der Waals surface area (Å²) in [5.74, 6) is 0.942. The van der Waals surface area contributed by atoms with Crippen LogP contribution >= 0.6 is 0 Å². The summed E-state index contributed by atoms with van der Waals surface area (Å²) in [6, 6.07) is 13.3. The first kappa shape index (κ1) is 24.9. The van der Waals surface area contributed by atoms with Crippen molar-refractivity contribution >= 4 is 21.6 Å². The number of benzene rings is 2. The molecule has 8 heteroatoms. The van der Waals surface area contributed by atoms with Gasteiger partial charge in [0.2, 0.25) is 15.9 Å². The Labute approximate surface area is 197 Å². The van der Waals surface area contributed by atoms with Gasteiger partial charge in [0, 0.05) is 18.1 Å². The van der Waals surface area contributed by atoms with Crippen LogP contribution < -0.4 is 19.1 Å². The quantitative estimate of drug-likeness (QED) is 0.581. The molecule has 2 aromatic carbocycles. The first-order valence-corrected chi connectivity index (χ1v) is 13.2. The second-order valence-corrected chi connectivity index (χ2v) is 10.3. The van der Waals surface area contributed by atoms with Crippen molar-refractivity contribution in [3.63, 3.8) is 0 Å². The Balaban J connectivity index is 1.96. The lowest BCUT2D eigenvalue weighted by molar-refractivity contribution is -0.123. The average molecular weight is 475 g/mol. The van der Waals surface area contributed by atoms with Crippen molar-refractivity contribution in [2.45, 2.75) is 64.1 Å². The summed E-state index contributed by atoms with van der Waals surface area (Å²) in [4.78, 5) is 13.6. The predicted octanol–water partition coefficient (Wildman–Crippen LogP) is 4.44. The van der Waals surface area contributed by atoms with Crippen LogP contribution in [-0.2, 0) is 14.8 Å². The Kier molecular flexibility index (Phi) is 7.57. The van der Waals surface area contributed by atoms with Crippen molar-refractivity contribution < 1.29 is 22.7 Å². The number of hydrogen-bond acceptors (Lipinski definition) is 5. The maximum atomic E-state index is 13.6. The van der Waals surface area contributed by atoms with Gasteiger partial charge in [0.05, 0.1) is 25.1 Å². The van der Waals surface area contributed by atoms with E-state index < -0.39 is 16.1 Å². The van der Waals surface area contributed by atoms with Crippen LogP contribution in [-0.4, -0.2) is 39.3 Å². The van der Waals surface area contributed by atoms with E-state index in [0.717, 1.165) is 30.4 Å². The number of nitrogens with one attached hydrogen (secondary N) is 1. The van der Waals surface area contributed by atoms with Crippen LogP contribution in [0.2, 0.25) is 0 Å². The van der Waals surface area contributed by atoms with Crippen LogP contribution in [0.3, 0.4) is 0 Å². The van der Waals surface area contributed by atoms with Crippen LogP contribution in [0.4, 0.5) is 5.69 Å². The summed E-state index contributed by atoms with van der Waals surface area (Å²) in [6.45, 7) is 5.97. The number of rotatable bonds is 9. The third-order valence-corrected chi connectivity index (χ3v) is 7.62. The van der Waals surface area contributed by atoms with E-state index in [4.69, 9.17) is 9.47 Å². The zero-order valence-corrected chi connectivity index (χ0v) is 20.8. The van der Waals surface area contributed by atoms with E-state index in [1.807, 2.05) is 31.2 Å². The fourth-order valence-electron chi connectivity index (χ4n) is 4.51. The second-order valence-electron chi connectivity index (χ2n) is 8.48.